The molecule has 4 heterocycles. The molecule has 7 heteroatoms. The lowest BCUT2D eigenvalue weighted by atomic mass is 9.91. The molecule has 7 nitrogen and oxygen atoms in total. The Labute approximate surface area is 261 Å². The number of aromatic nitrogens is 1. The number of aliphatic carboxylic acids is 1. The second-order valence-corrected chi connectivity index (χ2v) is 13.5. The van der Waals surface area contributed by atoms with Crippen LogP contribution < -0.4 is 9.64 Å². The molecule has 4 aliphatic rings. The molecule has 3 fully saturated rings. The van der Waals surface area contributed by atoms with Gasteiger partial charge in [0.15, 0.2) is 0 Å². The fourth-order valence-electron chi connectivity index (χ4n) is 8.25. The largest absolute Gasteiger partial charge is 0.488 e. The van der Waals surface area contributed by atoms with Crippen molar-refractivity contribution in [3.05, 3.63) is 76.3 Å². The number of piperidine rings is 1. The van der Waals surface area contributed by atoms with E-state index < -0.39 is 11.4 Å². The highest BCUT2D eigenvalue weighted by Gasteiger charge is 2.70. The van der Waals surface area contributed by atoms with E-state index in [2.05, 4.69) is 60.9 Å². The van der Waals surface area contributed by atoms with E-state index in [0.29, 0.717) is 12.6 Å². The number of fused-ring (bicyclic) bond motifs is 2. The summed E-state index contributed by atoms with van der Waals surface area (Å²) in [6, 6.07) is 17.7. The molecule has 2 aromatic carbocycles. The van der Waals surface area contributed by atoms with E-state index in [1.807, 2.05) is 18.2 Å². The Morgan fingerprint density at radius 1 is 1.14 bits per heavy atom. The first-order valence-electron chi connectivity index (χ1n) is 16.5. The van der Waals surface area contributed by atoms with Gasteiger partial charge in [-0.2, -0.15) is 0 Å². The molecular weight excluding hydrogens is 550 g/mol. The van der Waals surface area contributed by atoms with Crippen molar-refractivity contribution in [2.45, 2.75) is 84.5 Å². The average molecular weight is 596 g/mol. The number of ether oxygens (including phenoxy) is 2. The summed E-state index contributed by atoms with van der Waals surface area (Å²) in [6.07, 6.45) is 5.95. The van der Waals surface area contributed by atoms with E-state index in [4.69, 9.17) is 14.5 Å². The van der Waals surface area contributed by atoms with E-state index in [1.165, 1.54) is 22.3 Å². The number of rotatable bonds is 9. The zero-order valence-corrected chi connectivity index (χ0v) is 26.3. The average Bonchev–Trinajstić information content (AvgIpc) is 3.69. The van der Waals surface area contributed by atoms with Crippen LogP contribution in [0.5, 0.6) is 5.75 Å². The summed E-state index contributed by atoms with van der Waals surface area (Å²) in [5.41, 5.74) is 7.85. The maximum atomic E-state index is 12.3. The molecule has 0 radical (unpaired) electrons. The second kappa shape index (κ2) is 11.8. The zero-order chi connectivity index (χ0) is 30.4. The maximum absolute atomic E-state index is 12.3. The quantitative estimate of drug-likeness (QED) is 0.300. The lowest BCUT2D eigenvalue weighted by Crippen LogP contribution is -2.42. The van der Waals surface area contributed by atoms with Crippen LogP contribution in [-0.4, -0.2) is 59.3 Å². The van der Waals surface area contributed by atoms with Gasteiger partial charge in [0.25, 0.3) is 0 Å². The third kappa shape index (κ3) is 5.28. The van der Waals surface area contributed by atoms with Crippen LogP contribution in [0, 0.1) is 25.2 Å². The first-order valence-corrected chi connectivity index (χ1v) is 16.5. The molecule has 3 atom stereocenters. The number of benzene rings is 2. The van der Waals surface area contributed by atoms with Crippen molar-refractivity contribution in [3.8, 4) is 17.0 Å². The van der Waals surface area contributed by atoms with Gasteiger partial charge in [0.1, 0.15) is 18.2 Å². The lowest BCUT2D eigenvalue weighted by Gasteiger charge is -2.38. The van der Waals surface area contributed by atoms with Gasteiger partial charge in [-0.05, 0) is 98.4 Å². The van der Waals surface area contributed by atoms with Crippen LogP contribution in [0.1, 0.15) is 66.8 Å². The molecule has 3 aliphatic heterocycles. The molecular formula is C37H45N3O4. The Morgan fingerprint density at radius 2 is 1.98 bits per heavy atom. The molecule has 232 valence electrons. The summed E-state index contributed by atoms with van der Waals surface area (Å²) in [7, 11) is 0. The van der Waals surface area contributed by atoms with Crippen molar-refractivity contribution in [1.82, 2.24) is 9.88 Å². The van der Waals surface area contributed by atoms with Gasteiger partial charge in [-0.15, -0.1) is 0 Å². The Kier molecular flexibility index (Phi) is 7.87. The molecule has 3 aromatic rings. The summed E-state index contributed by atoms with van der Waals surface area (Å²) in [6.45, 7) is 11.6. The number of carboxylic acids is 1. The van der Waals surface area contributed by atoms with Gasteiger partial charge >= 0.3 is 5.97 Å². The van der Waals surface area contributed by atoms with Gasteiger partial charge in [0.2, 0.25) is 0 Å². The van der Waals surface area contributed by atoms with Crippen molar-refractivity contribution in [1.29, 1.82) is 0 Å². The van der Waals surface area contributed by atoms with Gasteiger partial charge in [-0.25, -0.2) is 4.98 Å². The second-order valence-electron chi connectivity index (χ2n) is 13.5. The number of nitrogens with zero attached hydrogens (tertiary/aromatic N) is 3. The van der Waals surface area contributed by atoms with Gasteiger partial charge in [-0.1, -0.05) is 43.2 Å². The summed E-state index contributed by atoms with van der Waals surface area (Å²) in [4.78, 5) is 22.3. The van der Waals surface area contributed by atoms with Crippen LogP contribution in [0.3, 0.4) is 0 Å². The molecule has 7 rings (SSSR count). The third-order valence-electron chi connectivity index (χ3n) is 10.7. The van der Waals surface area contributed by atoms with Gasteiger partial charge < -0.3 is 19.5 Å². The fourth-order valence-corrected chi connectivity index (χ4v) is 8.25. The SMILES string of the molecule is CCC[C@H]1N(c2cccc(-c3cc(C)ccc3OCc3cc(C)c4c(c3)CCN(C3CCOCC3)C4)n2)C[C@@H]2C[C@@]21C(=O)O. The van der Waals surface area contributed by atoms with Gasteiger partial charge in [0, 0.05) is 50.5 Å². The van der Waals surface area contributed by atoms with E-state index >= 15 is 0 Å². The number of carbonyl (C=O) groups is 1. The predicted octanol–water partition coefficient (Wildman–Crippen LogP) is 6.56. The summed E-state index contributed by atoms with van der Waals surface area (Å²) in [5, 5.41) is 10.1. The number of carboxylic acid groups (broad SMARTS) is 1. The van der Waals surface area contributed by atoms with Crippen molar-refractivity contribution >= 4 is 11.8 Å². The minimum atomic E-state index is -0.650. The van der Waals surface area contributed by atoms with Gasteiger partial charge in [-0.3, -0.25) is 9.69 Å². The molecule has 1 N–H and O–H groups in total. The first-order chi connectivity index (χ1) is 21.4. The Bertz CT molecular complexity index is 1550. The van der Waals surface area contributed by atoms with Crippen LogP contribution in [0.25, 0.3) is 11.3 Å². The number of aryl methyl sites for hydroxylation is 2. The van der Waals surface area contributed by atoms with Crippen LogP contribution in [0.15, 0.2) is 48.5 Å². The van der Waals surface area contributed by atoms with Crippen LogP contribution in [0.2, 0.25) is 0 Å². The van der Waals surface area contributed by atoms with Crippen molar-refractivity contribution in [2.75, 3.05) is 31.2 Å². The summed E-state index contributed by atoms with van der Waals surface area (Å²) in [5.74, 6) is 1.24. The number of hydrogen-bond donors (Lipinski definition) is 1. The van der Waals surface area contributed by atoms with Crippen LogP contribution in [-0.2, 0) is 29.1 Å². The molecule has 1 saturated carbocycles. The standard InChI is InChI=1S/C37H45N3O4/c1-4-6-34-37(36(41)42)20-28(37)21-40(34)35-8-5-7-32(38-35)30-17-24(2)9-10-33(30)44-23-26-18-25(3)31-22-39(14-11-27(31)19-26)29-12-15-43-16-13-29/h5,7-10,17-19,28-29,34H,4,6,11-16,20-23H2,1-3H3,(H,41,42)/t28-,34+,37+/m0/s1. The molecule has 0 amide bonds. The number of pyridine rings is 1. The summed E-state index contributed by atoms with van der Waals surface area (Å²) < 4.78 is 12.1. The van der Waals surface area contributed by atoms with E-state index in [0.717, 1.165) is 99.8 Å². The zero-order valence-electron chi connectivity index (χ0n) is 26.3. The minimum Gasteiger partial charge on any atom is -0.488 e. The molecule has 1 aromatic heterocycles. The van der Waals surface area contributed by atoms with Crippen molar-refractivity contribution < 1.29 is 19.4 Å². The van der Waals surface area contributed by atoms with E-state index in [1.54, 1.807) is 0 Å². The minimum absolute atomic E-state index is 0.0120. The Morgan fingerprint density at radius 3 is 2.77 bits per heavy atom. The molecule has 0 unspecified atom stereocenters. The fraction of sp³-hybridized carbons (Fsp3) is 0.514. The molecule has 0 spiro atoms. The highest BCUT2D eigenvalue weighted by atomic mass is 16.5. The maximum Gasteiger partial charge on any atom is 0.312 e. The van der Waals surface area contributed by atoms with Crippen molar-refractivity contribution in [3.63, 3.8) is 0 Å². The highest BCUT2D eigenvalue weighted by molar-refractivity contribution is 5.82. The van der Waals surface area contributed by atoms with E-state index in [-0.39, 0.29) is 12.0 Å². The van der Waals surface area contributed by atoms with Crippen LogP contribution >= 0.6 is 0 Å². The number of hydrogen-bond acceptors (Lipinski definition) is 6. The molecule has 2 saturated heterocycles. The monoisotopic (exact) mass is 595 g/mol. The Hall–Kier alpha value is -3.42. The predicted molar refractivity (Wildman–Crippen MR) is 172 cm³/mol. The molecule has 1 aliphatic carbocycles. The number of anilines is 1. The first kappa shape index (κ1) is 29.3. The third-order valence-corrected chi connectivity index (χ3v) is 10.7. The molecule has 44 heavy (non-hydrogen) atoms. The van der Waals surface area contributed by atoms with E-state index in [9.17, 15) is 9.90 Å². The topological polar surface area (TPSA) is 75.1 Å². The Balaban J connectivity index is 1.10. The lowest BCUT2D eigenvalue weighted by molar-refractivity contribution is -0.144. The highest BCUT2D eigenvalue weighted by Crippen LogP contribution is 2.63. The van der Waals surface area contributed by atoms with Gasteiger partial charge in [0.05, 0.1) is 11.1 Å². The van der Waals surface area contributed by atoms with Crippen LogP contribution in [0.4, 0.5) is 5.82 Å². The van der Waals surface area contributed by atoms with Crippen molar-refractivity contribution in [2.24, 2.45) is 11.3 Å². The summed E-state index contributed by atoms with van der Waals surface area (Å²) >= 11 is 0. The normalized spacial score (nSPS) is 25.0. The molecule has 0 bridgehead atoms. The smallest absolute Gasteiger partial charge is 0.312 e.